The molecule has 3 N–H and O–H groups in total. The number of aliphatic hydroxyl groups is 1. The molecular formula is C12H18N2O4S. The van der Waals surface area contributed by atoms with Crippen LogP contribution in [0, 0.1) is 0 Å². The third-order valence-corrected chi connectivity index (χ3v) is 3.94. The number of nitrogens with zero attached hydrogens (tertiary/aromatic N) is 1. The third-order valence-electron chi connectivity index (χ3n) is 2.90. The number of thiophene rings is 1. The van der Waals surface area contributed by atoms with Crippen molar-refractivity contribution in [1.29, 1.82) is 0 Å². The second-order valence-electron chi connectivity index (χ2n) is 4.54. The fourth-order valence-corrected chi connectivity index (χ4v) is 2.17. The number of carboxylic acid groups (broad SMARTS) is 1. The molecule has 0 radical (unpaired) electrons. The highest BCUT2D eigenvalue weighted by molar-refractivity contribution is 7.10. The molecule has 7 heteroatoms. The van der Waals surface area contributed by atoms with Crippen molar-refractivity contribution in [1.82, 2.24) is 10.2 Å². The van der Waals surface area contributed by atoms with Gasteiger partial charge in [-0.15, -0.1) is 11.3 Å². The van der Waals surface area contributed by atoms with Gasteiger partial charge in [0.1, 0.15) is 0 Å². The molecule has 0 aliphatic carbocycles. The lowest BCUT2D eigenvalue weighted by Crippen LogP contribution is -2.49. The van der Waals surface area contributed by atoms with E-state index in [0.717, 1.165) is 11.8 Å². The fraction of sp³-hybridized carbons (Fsp3) is 0.500. The highest BCUT2D eigenvalue weighted by atomic mass is 32.1. The standard InChI is InChI=1S/C12H18N2O4S/c1-8(9-5-4-6-19-9)14(3)11(17)13-7-12(2,18)10(15)16/h4-6,8,18H,7H2,1-3H3,(H,13,17)(H,15,16). The molecule has 0 aromatic carbocycles. The van der Waals surface area contributed by atoms with Gasteiger partial charge < -0.3 is 20.4 Å². The van der Waals surface area contributed by atoms with Gasteiger partial charge in [-0.3, -0.25) is 0 Å². The van der Waals surface area contributed by atoms with Crippen LogP contribution in [0.1, 0.15) is 24.8 Å². The number of carbonyl (C=O) groups is 2. The number of hydrogen-bond donors (Lipinski definition) is 3. The van der Waals surface area contributed by atoms with Gasteiger partial charge in [0.15, 0.2) is 5.60 Å². The lowest BCUT2D eigenvalue weighted by molar-refractivity contribution is -0.155. The van der Waals surface area contributed by atoms with Gasteiger partial charge in [-0.25, -0.2) is 9.59 Å². The molecule has 0 fully saturated rings. The summed E-state index contributed by atoms with van der Waals surface area (Å²) in [4.78, 5) is 25.1. The van der Waals surface area contributed by atoms with Crippen LogP contribution in [0.15, 0.2) is 17.5 Å². The number of carboxylic acids is 1. The normalized spacial score (nSPS) is 15.4. The zero-order chi connectivity index (χ0) is 14.6. The maximum Gasteiger partial charge on any atom is 0.337 e. The Morgan fingerprint density at radius 1 is 1.58 bits per heavy atom. The first-order valence-corrected chi connectivity index (χ1v) is 6.63. The Labute approximate surface area is 115 Å². The molecule has 0 spiro atoms. The summed E-state index contributed by atoms with van der Waals surface area (Å²) in [5.41, 5.74) is -1.97. The Morgan fingerprint density at radius 3 is 2.68 bits per heavy atom. The Morgan fingerprint density at radius 2 is 2.21 bits per heavy atom. The van der Waals surface area contributed by atoms with Crippen molar-refractivity contribution in [3.05, 3.63) is 22.4 Å². The van der Waals surface area contributed by atoms with Crippen LogP contribution in [0.25, 0.3) is 0 Å². The Kier molecular flexibility index (Phi) is 4.90. The predicted octanol–water partition coefficient (Wildman–Crippen LogP) is 1.29. The lowest BCUT2D eigenvalue weighted by Gasteiger charge is -2.26. The largest absolute Gasteiger partial charge is 0.479 e. The first-order chi connectivity index (χ1) is 8.75. The molecule has 19 heavy (non-hydrogen) atoms. The molecular weight excluding hydrogens is 268 g/mol. The Balaban J connectivity index is 2.56. The van der Waals surface area contributed by atoms with E-state index in [0.29, 0.717) is 0 Å². The highest BCUT2D eigenvalue weighted by Gasteiger charge is 2.31. The highest BCUT2D eigenvalue weighted by Crippen LogP contribution is 2.23. The number of nitrogens with one attached hydrogen (secondary N) is 1. The predicted molar refractivity (Wildman–Crippen MR) is 72.2 cm³/mol. The van der Waals surface area contributed by atoms with Crippen LogP contribution in [0.5, 0.6) is 0 Å². The maximum atomic E-state index is 11.9. The van der Waals surface area contributed by atoms with Gasteiger partial charge in [-0.2, -0.15) is 0 Å². The number of aliphatic carboxylic acids is 1. The molecule has 1 rings (SSSR count). The van der Waals surface area contributed by atoms with E-state index in [-0.39, 0.29) is 12.6 Å². The number of hydrogen-bond acceptors (Lipinski definition) is 4. The van der Waals surface area contributed by atoms with Gasteiger partial charge in [-0.05, 0) is 25.3 Å². The minimum Gasteiger partial charge on any atom is -0.479 e. The van der Waals surface area contributed by atoms with Crippen LogP contribution >= 0.6 is 11.3 Å². The second kappa shape index (κ2) is 6.03. The van der Waals surface area contributed by atoms with Crippen molar-refractivity contribution in [3.8, 4) is 0 Å². The van der Waals surface area contributed by atoms with Gasteiger partial charge in [0.2, 0.25) is 0 Å². The topological polar surface area (TPSA) is 89.9 Å². The van der Waals surface area contributed by atoms with Gasteiger partial charge in [0.05, 0.1) is 12.6 Å². The van der Waals surface area contributed by atoms with Crippen molar-refractivity contribution < 1.29 is 19.8 Å². The molecule has 0 saturated carbocycles. The smallest absolute Gasteiger partial charge is 0.337 e. The minimum atomic E-state index is -1.97. The summed E-state index contributed by atoms with van der Waals surface area (Å²) in [5, 5.41) is 22.6. The molecule has 106 valence electrons. The molecule has 1 aromatic heterocycles. The van der Waals surface area contributed by atoms with E-state index in [4.69, 9.17) is 5.11 Å². The number of carbonyl (C=O) groups excluding carboxylic acids is 1. The molecule has 2 atom stereocenters. The zero-order valence-electron chi connectivity index (χ0n) is 11.1. The van der Waals surface area contributed by atoms with Crippen molar-refractivity contribution >= 4 is 23.3 Å². The third kappa shape index (κ3) is 3.93. The summed E-state index contributed by atoms with van der Waals surface area (Å²) in [7, 11) is 1.62. The molecule has 0 bridgehead atoms. The van der Waals surface area contributed by atoms with E-state index in [1.54, 1.807) is 18.4 Å². The van der Waals surface area contributed by atoms with Crippen LogP contribution in [-0.2, 0) is 4.79 Å². The summed E-state index contributed by atoms with van der Waals surface area (Å²) in [5.74, 6) is -1.37. The Hall–Kier alpha value is -1.60. The SMILES string of the molecule is CC(c1cccs1)N(C)C(=O)NCC(C)(O)C(=O)O. The molecule has 1 heterocycles. The molecule has 0 saturated heterocycles. The van der Waals surface area contributed by atoms with Gasteiger partial charge in [-0.1, -0.05) is 6.07 Å². The molecule has 0 aliphatic heterocycles. The molecule has 2 unspecified atom stereocenters. The van der Waals surface area contributed by atoms with E-state index in [2.05, 4.69) is 5.32 Å². The zero-order valence-corrected chi connectivity index (χ0v) is 11.9. The molecule has 0 aliphatic rings. The van der Waals surface area contributed by atoms with Gasteiger partial charge in [0.25, 0.3) is 0 Å². The summed E-state index contributed by atoms with van der Waals surface area (Å²) in [6, 6.07) is 3.28. The van der Waals surface area contributed by atoms with E-state index in [9.17, 15) is 14.7 Å². The van der Waals surface area contributed by atoms with Crippen LogP contribution in [0.3, 0.4) is 0 Å². The van der Waals surface area contributed by atoms with Crippen LogP contribution in [0.4, 0.5) is 4.79 Å². The Bertz CT molecular complexity index is 445. The molecule has 1 aromatic rings. The van der Waals surface area contributed by atoms with E-state index < -0.39 is 17.6 Å². The monoisotopic (exact) mass is 286 g/mol. The van der Waals surface area contributed by atoms with Crippen LogP contribution in [0.2, 0.25) is 0 Å². The van der Waals surface area contributed by atoms with E-state index in [1.807, 2.05) is 24.4 Å². The quantitative estimate of drug-likeness (QED) is 0.760. The number of amides is 2. The summed E-state index contributed by atoms with van der Waals surface area (Å²) < 4.78 is 0. The maximum absolute atomic E-state index is 11.9. The molecule has 6 nitrogen and oxygen atoms in total. The van der Waals surface area contributed by atoms with Crippen molar-refractivity contribution in [2.45, 2.75) is 25.5 Å². The summed E-state index contributed by atoms with van der Waals surface area (Å²) >= 11 is 1.54. The first kappa shape index (κ1) is 15.5. The molecule has 2 amide bonds. The first-order valence-electron chi connectivity index (χ1n) is 5.75. The van der Waals surface area contributed by atoms with Gasteiger partial charge >= 0.3 is 12.0 Å². The average Bonchev–Trinajstić information content (AvgIpc) is 2.87. The second-order valence-corrected chi connectivity index (χ2v) is 5.52. The summed E-state index contributed by atoms with van der Waals surface area (Å²) in [6.07, 6.45) is 0. The van der Waals surface area contributed by atoms with Gasteiger partial charge in [0, 0.05) is 11.9 Å². The summed E-state index contributed by atoms with van der Waals surface area (Å²) in [6.45, 7) is 2.67. The minimum absolute atomic E-state index is 0.116. The van der Waals surface area contributed by atoms with E-state index in [1.165, 1.54) is 4.90 Å². The van der Waals surface area contributed by atoms with Crippen molar-refractivity contribution in [2.75, 3.05) is 13.6 Å². The van der Waals surface area contributed by atoms with Crippen LogP contribution in [-0.4, -0.2) is 46.3 Å². The average molecular weight is 286 g/mol. The van der Waals surface area contributed by atoms with Crippen LogP contribution < -0.4 is 5.32 Å². The van der Waals surface area contributed by atoms with E-state index >= 15 is 0 Å². The number of urea groups is 1. The lowest BCUT2D eigenvalue weighted by atomic mass is 10.1. The number of rotatable bonds is 5. The van der Waals surface area contributed by atoms with Crippen molar-refractivity contribution in [2.24, 2.45) is 0 Å². The van der Waals surface area contributed by atoms with Crippen molar-refractivity contribution in [3.63, 3.8) is 0 Å². The fourth-order valence-electron chi connectivity index (χ4n) is 1.34.